The van der Waals surface area contributed by atoms with Crippen LogP contribution in [-0.2, 0) is 18.0 Å². The molecule has 0 saturated carbocycles. The van der Waals surface area contributed by atoms with E-state index in [1.807, 2.05) is 30.3 Å². The second-order valence-corrected chi connectivity index (χ2v) is 8.20. The average Bonchev–Trinajstić information content (AvgIpc) is 2.95. The first-order chi connectivity index (χ1) is 18.0. The van der Waals surface area contributed by atoms with E-state index in [0.717, 1.165) is 5.56 Å². The molecule has 0 fully saturated rings. The maximum absolute atomic E-state index is 13.1. The van der Waals surface area contributed by atoms with Gasteiger partial charge in [-0.3, -0.25) is 0 Å². The minimum absolute atomic E-state index is 0.116. The fourth-order valence-corrected chi connectivity index (χ4v) is 4.19. The summed E-state index contributed by atoms with van der Waals surface area (Å²) >= 11 is 0. The Bertz CT molecular complexity index is 1380. The van der Waals surface area contributed by atoms with Crippen molar-refractivity contribution in [3.8, 4) is 45.3 Å². The molecule has 0 saturated heterocycles. The molecule has 0 aliphatic carbocycles. The van der Waals surface area contributed by atoms with E-state index in [1.54, 1.807) is 48.5 Å². The van der Waals surface area contributed by atoms with Crippen molar-refractivity contribution in [3.05, 3.63) is 95.6 Å². The zero-order chi connectivity index (χ0) is 26.4. The van der Waals surface area contributed by atoms with E-state index in [4.69, 9.17) is 18.9 Å². The van der Waals surface area contributed by atoms with Gasteiger partial charge < -0.3 is 29.2 Å². The molecule has 0 amide bonds. The smallest absolute Gasteiger partial charge is 0.342 e. The Morgan fingerprint density at radius 1 is 0.811 bits per heavy atom. The van der Waals surface area contributed by atoms with E-state index in [0.29, 0.717) is 51.7 Å². The van der Waals surface area contributed by atoms with Crippen LogP contribution in [0.25, 0.3) is 22.3 Å². The largest absolute Gasteiger partial charge is 0.508 e. The quantitative estimate of drug-likeness (QED) is 0.289. The number of phenolic OH excluding ortho intramolecular Hbond substituents is 1. The van der Waals surface area contributed by atoms with Crippen LogP contribution in [0.4, 0.5) is 0 Å². The summed E-state index contributed by atoms with van der Waals surface area (Å²) in [4.78, 5) is 13.1. The van der Waals surface area contributed by atoms with Crippen LogP contribution in [0.3, 0.4) is 0 Å². The predicted molar refractivity (Wildman–Crippen MR) is 140 cm³/mol. The monoisotopic (exact) mass is 500 g/mol. The highest BCUT2D eigenvalue weighted by Crippen LogP contribution is 2.46. The molecule has 37 heavy (non-hydrogen) atoms. The summed E-state index contributed by atoms with van der Waals surface area (Å²) in [6.45, 7) is 0.0790. The summed E-state index contributed by atoms with van der Waals surface area (Å²) < 4.78 is 22.5. The molecule has 4 aromatic rings. The lowest BCUT2D eigenvalue weighted by Crippen LogP contribution is -2.09. The number of carbonyl (C=O) groups excluding carboxylic acids is 1. The average molecular weight is 501 g/mol. The fourth-order valence-electron chi connectivity index (χ4n) is 4.19. The number of ether oxygens (including phenoxy) is 4. The van der Waals surface area contributed by atoms with Gasteiger partial charge in [0, 0.05) is 16.7 Å². The molecule has 4 aromatic carbocycles. The summed E-state index contributed by atoms with van der Waals surface area (Å²) in [7, 11) is 4.28. The Kier molecular flexibility index (Phi) is 7.95. The highest BCUT2D eigenvalue weighted by molar-refractivity contribution is 6.05. The van der Waals surface area contributed by atoms with Crippen LogP contribution in [0, 0.1) is 0 Å². The number of phenols is 1. The number of hydrogen-bond acceptors (Lipinski definition) is 7. The molecule has 0 aliphatic heterocycles. The van der Waals surface area contributed by atoms with Crippen molar-refractivity contribution in [2.45, 2.75) is 13.2 Å². The van der Waals surface area contributed by atoms with Crippen molar-refractivity contribution in [1.29, 1.82) is 0 Å². The maximum atomic E-state index is 13.1. The Balaban J connectivity index is 1.86. The number of hydrogen-bond donors (Lipinski definition) is 2. The Morgan fingerprint density at radius 3 is 2.14 bits per heavy atom. The highest BCUT2D eigenvalue weighted by Gasteiger charge is 2.27. The molecule has 7 nitrogen and oxygen atoms in total. The molecule has 0 spiro atoms. The minimum Gasteiger partial charge on any atom is -0.508 e. The van der Waals surface area contributed by atoms with Gasteiger partial charge in [0.05, 0.1) is 27.9 Å². The summed E-state index contributed by atoms with van der Waals surface area (Å²) in [5.41, 5.74) is 4.10. The summed E-state index contributed by atoms with van der Waals surface area (Å²) in [5.74, 6) is 0.738. The van der Waals surface area contributed by atoms with Gasteiger partial charge in [-0.25, -0.2) is 4.79 Å². The second kappa shape index (κ2) is 11.5. The number of methoxy groups -OCH3 is 3. The number of aliphatic hydroxyl groups is 1. The van der Waals surface area contributed by atoms with E-state index in [-0.39, 0.29) is 17.9 Å². The molecule has 0 radical (unpaired) electrons. The van der Waals surface area contributed by atoms with Crippen LogP contribution in [0.15, 0.2) is 78.9 Å². The van der Waals surface area contributed by atoms with Gasteiger partial charge in [-0.05, 0) is 47.0 Å². The zero-order valence-corrected chi connectivity index (χ0v) is 20.9. The van der Waals surface area contributed by atoms with Gasteiger partial charge in [-0.15, -0.1) is 0 Å². The molecule has 4 rings (SSSR count). The number of rotatable bonds is 9. The lowest BCUT2D eigenvalue weighted by atomic mass is 9.91. The first-order valence-corrected chi connectivity index (χ1v) is 11.6. The van der Waals surface area contributed by atoms with Crippen LogP contribution in [0.1, 0.15) is 21.5 Å². The lowest BCUT2D eigenvalue weighted by molar-refractivity contribution is 0.0597. The van der Waals surface area contributed by atoms with Gasteiger partial charge in [-0.1, -0.05) is 48.5 Å². The number of carbonyl (C=O) groups is 1. The van der Waals surface area contributed by atoms with Crippen LogP contribution in [0.5, 0.6) is 23.0 Å². The van der Waals surface area contributed by atoms with Crippen molar-refractivity contribution < 1.29 is 34.0 Å². The Labute approximate surface area is 215 Å². The van der Waals surface area contributed by atoms with Gasteiger partial charge in [0.25, 0.3) is 0 Å². The molecular weight excluding hydrogens is 472 g/mol. The van der Waals surface area contributed by atoms with Gasteiger partial charge in [-0.2, -0.15) is 0 Å². The molecule has 7 heteroatoms. The van der Waals surface area contributed by atoms with Crippen molar-refractivity contribution in [2.75, 3.05) is 21.3 Å². The fraction of sp³-hybridized carbons (Fsp3) is 0.167. The second-order valence-electron chi connectivity index (χ2n) is 8.20. The Morgan fingerprint density at radius 2 is 1.51 bits per heavy atom. The molecule has 0 unspecified atom stereocenters. The number of benzene rings is 4. The van der Waals surface area contributed by atoms with Crippen molar-refractivity contribution in [2.24, 2.45) is 0 Å². The number of esters is 1. The number of aliphatic hydroxyl groups excluding tert-OH is 1. The molecule has 0 heterocycles. The normalized spacial score (nSPS) is 10.6. The summed E-state index contributed by atoms with van der Waals surface area (Å²) in [5, 5.41) is 19.8. The van der Waals surface area contributed by atoms with Gasteiger partial charge >= 0.3 is 5.97 Å². The van der Waals surface area contributed by atoms with Gasteiger partial charge in [0.15, 0.2) is 0 Å². The van der Waals surface area contributed by atoms with Crippen LogP contribution in [0.2, 0.25) is 0 Å². The molecule has 2 N–H and O–H groups in total. The third-order valence-corrected chi connectivity index (χ3v) is 5.99. The predicted octanol–water partition coefficient (Wildman–Crippen LogP) is 5.60. The molecule has 0 aromatic heterocycles. The molecule has 0 atom stereocenters. The first kappa shape index (κ1) is 25.6. The van der Waals surface area contributed by atoms with E-state index in [1.165, 1.54) is 21.3 Å². The van der Waals surface area contributed by atoms with E-state index in [9.17, 15) is 15.0 Å². The van der Waals surface area contributed by atoms with Crippen LogP contribution < -0.4 is 14.2 Å². The Hall–Kier alpha value is -4.49. The van der Waals surface area contributed by atoms with E-state index < -0.39 is 5.97 Å². The summed E-state index contributed by atoms with van der Waals surface area (Å²) in [6.07, 6.45) is 0. The lowest BCUT2D eigenvalue weighted by Gasteiger charge is -2.21. The standard InChI is InChI=1S/C30H28O7/c1-34-26-16-24(20-9-12-23(32)13-10-20)29(35-2)28(30(33)36-3)27(26)21-11-14-25(22(15-21)17-31)37-18-19-7-5-4-6-8-19/h4-16,31-32H,17-18H2,1-3H3. The van der Waals surface area contributed by atoms with Crippen LogP contribution in [-0.4, -0.2) is 37.5 Å². The topological polar surface area (TPSA) is 94.5 Å². The molecule has 0 bridgehead atoms. The highest BCUT2D eigenvalue weighted by atomic mass is 16.5. The zero-order valence-electron chi connectivity index (χ0n) is 20.9. The summed E-state index contributed by atoms with van der Waals surface area (Å²) in [6, 6.07) is 23.3. The van der Waals surface area contributed by atoms with Crippen molar-refractivity contribution in [1.82, 2.24) is 0 Å². The van der Waals surface area contributed by atoms with Gasteiger partial charge in [0.2, 0.25) is 0 Å². The maximum Gasteiger partial charge on any atom is 0.342 e. The third kappa shape index (κ3) is 5.37. The third-order valence-electron chi connectivity index (χ3n) is 5.99. The first-order valence-electron chi connectivity index (χ1n) is 11.6. The van der Waals surface area contributed by atoms with E-state index >= 15 is 0 Å². The number of aromatic hydroxyl groups is 1. The SMILES string of the molecule is COC(=O)c1c(OC)c(-c2ccc(O)cc2)cc(OC)c1-c1ccc(OCc2ccccc2)c(CO)c1. The molecule has 0 aliphatic rings. The molecule has 190 valence electrons. The van der Waals surface area contributed by atoms with Crippen molar-refractivity contribution in [3.63, 3.8) is 0 Å². The van der Waals surface area contributed by atoms with E-state index in [2.05, 4.69) is 0 Å². The van der Waals surface area contributed by atoms with Crippen LogP contribution >= 0.6 is 0 Å². The minimum atomic E-state index is -0.610. The van der Waals surface area contributed by atoms with Gasteiger partial charge in [0.1, 0.15) is 35.2 Å². The molecular formula is C30H28O7. The van der Waals surface area contributed by atoms with Crippen molar-refractivity contribution >= 4 is 5.97 Å².